The topological polar surface area (TPSA) is 50.4 Å². The average Bonchev–Trinajstić information content (AvgIpc) is 2.19. The van der Waals surface area contributed by atoms with Crippen molar-refractivity contribution in [1.29, 1.82) is 0 Å². The lowest BCUT2D eigenvalue weighted by Crippen LogP contribution is -2.38. The zero-order valence-electron chi connectivity index (χ0n) is 9.00. The minimum absolute atomic E-state index is 0.197. The van der Waals surface area contributed by atoms with Gasteiger partial charge in [-0.2, -0.15) is 0 Å². The molecule has 0 amide bonds. The van der Waals surface area contributed by atoms with E-state index < -0.39 is 0 Å². The number of hydrogen-bond donors (Lipinski definition) is 2. The zero-order valence-corrected chi connectivity index (χ0v) is 9.00. The summed E-state index contributed by atoms with van der Waals surface area (Å²) >= 11 is 0. The summed E-state index contributed by atoms with van der Waals surface area (Å²) in [4.78, 5) is 4.46. The maximum atomic E-state index is 5.77. The molecule has 0 aromatic carbocycles. The molecule has 14 heavy (non-hydrogen) atoms. The molecule has 1 saturated carbocycles. The van der Waals surface area contributed by atoms with Crippen molar-refractivity contribution in [2.75, 3.05) is 0 Å². The molecule has 1 fully saturated rings. The zero-order chi connectivity index (χ0) is 10.4. The van der Waals surface area contributed by atoms with Crippen LogP contribution >= 0.6 is 0 Å². The molecule has 0 radical (unpaired) electrons. The highest BCUT2D eigenvalue weighted by Crippen LogP contribution is 2.19. The third-order valence-electron chi connectivity index (χ3n) is 2.63. The second kappa shape index (κ2) is 5.68. The van der Waals surface area contributed by atoms with Crippen molar-refractivity contribution in [2.45, 2.75) is 51.1 Å². The molecule has 3 heteroatoms. The van der Waals surface area contributed by atoms with Crippen molar-refractivity contribution in [1.82, 2.24) is 5.32 Å². The normalized spacial score (nSPS) is 21.6. The van der Waals surface area contributed by atoms with Crippen LogP contribution in [0.25, 0.3) is 0 Å². The highest BCUT2D eigenvalue weighted by molar-refractivity contribution is 5.78. The van der Waals surface area contributed by atoms with Crippen LogP contribution in [-0.2, 0) is 0 Å². The molecule has 0 aromatic heterocycles. The highest BCUT2D eigenvalue weighted by atomic mass is 15.1. The second-order valence-corrected chi connectivity index (χ2v) is 3.97. The summed E-state index contributed by atoms with van der Waals surface area (Å²) in [7, 11) is 0. The minimum atomic E-state index is 0.197. The molecule has 0 heterocycles. The van der Waals surface area contributed by atoms with Gasteiger partial charge in [0.1, 0.15) is 0 Å². The highest BCUT2D eigenvalue weighted by Gasteiger charge is 2.12. The number of aliphatic imine (C=N–C) groups is 1. The van der Waals surface area contributed by atoms with E-state index in [9.17, 15) is 0 Å². The fourth-order valence-corrected chi connectivity index (χ4v) is 1.74. The van der Waals surface area contributed by atoms with Gasteiger partial charge >= 0.3 is 0 Å². The van der Waals surface area contributed by atoms with Gasteiger partial charge in [0, 0.05) is 6.04 Å². The van der Waals surface area contributed by atoms with Crippen molar-refractivity contribution in [3.8, 4) is 0 Å². The molecule has 3 nitrogen and oxygen atoms in total. The molecule has 0 aromatic rings. The molecular weight excluding hydrogens is 174 g/mol. The number of hydrogen-bond acceptors (Lipinski definition) is 1. The first kappa shape index (κ1) is 11.1. The van der Waals surface area contributed by atoms with Gasteiger partial charge in [0.15, 0.2) is 5.96 Å². The standard InChI is InChI=1S/C11H21N3/c1-3-9(2)13-11(12)14-10-7-5-4-6-8-10/h3,9-10H,1,4-8H2,2H3,(H3,12,13,14). The van der Waals surface area contributed by atoms with Crippen molar-refractivity contribution in [3.63, 3.8) is 0 Å². The fourth-order valence-electron chi connectivity index (χ4n) is 1.74. The Morgan fingerprint density at radius 1 is 1.50 bits per heavy atom. The number of nitrogens with one attached hydrogen (secondary N) is 1. The van der Waals surface area contributed by atoms with Gasteiger partial charge < -0.3 is 11.1 Å². The lowest BCUT2D eigenvalue weighted by atomic mass is 9.96. The van der Waals surface area contributed by atoms with E-state index in [2.05, 4.69) is 16.9 Å². The van der Waals surface area contributed by atoms with E-state index >= 15 is 0 Å². The number of nitrogens with two attached hydrogens (primary N) is 1. The summed E-state index contributed by atoms with van der Waals surface area (Å²) in [5, 5.41) is 3.09. The van der Waals surface area contributed by atoms with Crippen LogP contribution in [-0.4, -0.2) is 18.0 Å². The minimum Gasteiger partial charge on any atom is -0.370 e. The third-order valence-corrected chi connectivity index (χ3v) is 2.63. The molecule has 1 unspecified atom stereocenters. The predicted molar refractivity (Wildman–Crippen MR) is 61.3 cm³/mol. The first-order chi connectivity index (χ1) is 6.72. The molecule has 0 spiro atoms. The van der Waals surface area contributed by atoms with E-state index in [1.807, 2.05) is 13.0 Å². The van der Waals surface area contributed by atoms with Gasteiger partial charge in [0.05, 0.1) is 6.04 Å². The molecule has 1 aliphatic carbocycles. The van der Waals surface area contributed by atoms with Crippen LogP contribution in [0.4, 0.5) is 0 Å². The molecule has 0 aliphatic heterocycles. The molecule has 1 aliphatic rings. The van der Waals surface area contributed by atoms with Gasteiger partial charge in [-0.15, -0.1) is 6.58 Å². The van der Waals surface area contributed by atoms with E-state index in [1.165, 1.54) is 32.1 Å². The quantitative estimate of drug-likeness (QED) is 0.410. The molecule has 0 saturated heterocycles. The Balaban J connectivity index is 2.36. The first-order valence-corrected chi connectivity index (χ1v) is 5.44. The monoisotopic (exact) mass is 195 g/mol. The predicted octanol–water partition coefficient (Wildman–Crippen LogP) is 1.80. The Bertz CT molecular complexity index is 205. The van der Waals surface area contributed by atoms with Crippen LogP contribution in [0.5, 0.6) is 0 Å². The van der Waals surface area contributed by atoms with Crippen molar-refractivity contribution in [3.05, 3.63) is 12.7 Å². The van der Waals surface area contributed by atoms with Gasteiger partial charge in [-0.1, -0.05) is 25.3 Å². The van der Waals surface area contributed by atoms with Gasteiger partial charge in [-0.3, -0.25) is 4.99 Å². The summed E-state index contributed by atoms with van der Waals surface area (Å²) in [6, 6.07) is 0.635. The number of nitrogens with zero attached hydrogens (tertiary/aromatic N) is 1. The lowest BCUT2D eigenvalue weighted by Gasteiger charge is -2.19. The molecule has 3 N–H and O–H groups in total. The fraction of sp³-hybridized carbons (Fsp3) is 0.727. The Morgan fingerprint density at radius 2 is 2.14 bits per heavy atom. The maximum absolute atomic E-state index is 5.77. The number of guanidine groups is 1. The second-order valence-electron chi connectivity index (χ2n) is 3.97. The van der Waals surface area contributed by atoms with E-state index in [1.54, 1.807) is 0 Å². The molecular formula is C11H21N3. The van der Waals surface area contributed by atoms with Crippen LogP contribution in [0.3, 0.4) is 0 Å². The van der Waals surface area contributed by atoms with Crippen molar-refractivity contribution < 1.29 is 0 Å². The summed E-state index contributed by atoms with van der Waals surface area (Å²) in [6.45, 7) is 5.70. The van der Waals surface area contributed by atoms with Crippen LogP contribution in [0, 0.1) is 0 Å². The number of rotatable bonds is 3. The van der Waals surface area contributed by atoms with Gasteiger partial charge in [0.2, 0.25) is 0 Å². The van der Waals surface area contributed by atoms with Gasteiger partial charge in [-0.25, -0.2) is 0 Å². The Labute approximate surface area is 86.5 Å². The molecule has 1 rings (SSSR count). The van der Waals surface area contributed by atoms with Crippen LogP contribution in [0.1, 0.15) is 39.0 Å². The Morgan fingerprint density at radius 3 is 2.71 bits per heavy atom. The first-order valence-electron chi connectivity index (χ1n) is 5.44. The van der Waals surface area contributed by atoms with Crippen molar-refractivity contribution in [2.24, 2.45) is 10.7 Å². The molecule has 0 bridgehead atoms. The third kappa shape index (κ3) is 3.81. The Hall–Kier alpha value is -0.990. The molecule has 80 valence electrons. The molecule has 1 atom stereocenters. The van der Waals surface area contributed by atoms with Crippen LogP contribution in [0.15, 0.2) is 17.6 Å². The van der Waals surface area contributed by atoms with Gasteiger partial charge in [0.25, 0.3) is 0 Å². The Kier molecular flexibility index (Phi) is 4.50. The summed E-state index contributed by atoms with van der Waals surface area (Å²) < 4.78 is 0. The van der Waals surface area contributed by atoms with E-state index in [0.29, 0.717) is 12.0 Å². The summed E-state index contributed by atoms with van der Waals surface area (Å²) in [5.41, 5.74) is 5.77. The smallest absolute Gasteiger partial charge is 0.189 e. The van der Waals surface area contributed by atoms with Crippen LogP contribution in [0.2, 0.25) is 0 Å². The summed E-state index contributed by atoms with van der Waals surface area (Å²) in [5.74, 6) is 0.560. The van der Waals surface area contributed by atoms with E-state index in [4.69, 9.17) is 5.73 Å². The maximum Gasteiger partial charge on any atom is 0.189 e. The largest absolute Gasteiger partial charge is 0.370 e. The summed E-state index contributed by atoms with van der Waals surface area (Å²) in [6.07, 6.45) is 8.12. The van der Waals surface area contributed by atoms with Crippen molar-refractivity contribution >= 4 is 5.96 Å². The lowest BCUT2D eigenvalue weighted by molar-refractivity contribution is 0.442. The SMILES string of the molecule is C=CC(C)NC(N)=NC1CCCCC1. The van der Waals surface area contributed by atoms with E-state index in [0.717, 1.165) is 0 Å². The van der Waals surface area contributed by atoms with Crippen LogP contribution < -0.4 is 11.1 Å². The average molecular weight is 195 g/mol. The van der Waals surface area contributed by atoms with Gasteiger partial charge in [-0.05, 0) is 19.8 Å². The van der Waals surface area contributed by atoms with E-state index in [-0.39, 0.29) is 6.04 Å².